The van der Waals surface area contributed by atoms with E-state index in [1.807, 2.05) is 45.9 Å². The Balaban J connectivity index is 1.82. The van der Waals surface area contributed by atoms with Gasteiger partial charge in [-0.05, 0) is 50.2 Å². The third kappa shape index (κ3) is 4.49. The number of thioether (sulfide) groups is 1. The highest BCUT2D eigenvalue weighted by molar-refractivity contribution is 8.02. The second-order valence-corrected chi connectivity index (χ2v) is 12.6. The lowest BCUT2D eigenvalue weighted by Crippen LogP contribution is -2.58. The Morgan fingerprint density at radius 1 is 1.26 bits per heavy atom. The number of rotatable bonds is 11. The smallest absolute Gasteiger partial charge is 0.310 e. The molecule has 8 heteroatoms. The summed E-state index contributed by atoms with van der Waals surface area (Å²) < 4.78 is 4.82. The first kappa shape index (κ1) is 28.4. The second-order valence-electron chi connectivity index (χ2n) is 11.0. The van der Waals surface area contributed by atoms with Gasteiger partial charge >= 0.3 is 5.97 Å². The highest BCUT2D eigenvalue weighted by Crippen LogP contribution is 2.67. The Morgan fingerprint density at radius 2 is 1.95 bits per heavy atom. The molecule has 1 aromatic rings. The van der Waals surface area contributed by atoms with Crippen molar-refractivity contribution >= 4 is 35.2 Å². The maximum atomic E-state index is 14.7. The lowest BCUT2D eigenvalue weighted by molar-refractivity contribution is -0.154. The van der Waals surface area contributed by atoms with Crippen LogP contribution in [0.4, 0.5) is 5.69 Å². The fourth-order valence-electron chi connectivity index (χ4n) is 6.75. The van der Waals surface area contributed by atoms with Gasteiger partial charge in [-0.1, -0.05) is 44.2 Å². The average Bonchev–Trinajstić information content (AvgIpc) is 3.51. The number of hydrogen-bond acceptors (Lipinski definition) is 6. The maximum Gasteiger partial charge on any atom is 0.310 e. The number of carbonyl (C=O) groups is 3. The summed E-state index contributed by atoms with van der Waals surface area (Å²) in [5.41, 5.74) is 2.73. The molecular formula is C30H40N2O5S. The Morgan fingerprint density at radius 3 is 2.53 bits per heavy atom. The molecule has 3 aliphatic rings. The van der Waals surface area contributed by atoms with Crippen molar-refractivity contribution in [1.29, 1.82) is 0 Å². The molecule has 0 aliphatic carbocycles. The first-order valence-corrected chi connectivity index (χ1v) is 14.4. The highest BCUT2D eigenvalue weighted by Gasteiger charge is 2.75. The summed E-state index contributed by atoms with van der Waals surface area (Å²) in [7, 11) is 0. The minimum absolute atomic E-state index is 0.0719. The van der Waals surface area contributed by atoms with Crippen molar-refractivity contribution in [2.75, 3.05) is 24.7 Å². The van der Waals surface area contributed by atoms with Gasteiger partial charge < -0.3 is 19.6 Å². The number of aliphatic hydroxyl groups is 1. The molecule has 2 bridgehead atoms. The van der Waals surface area contributed by atoms with Gasteiger partial charge in [-0.25, -0.2) is 0 Å². The molecule has 4 rings (SSSR count). The van der Waals surface area contributed by atoms with Gasteiger partial charge in [0.2, 0.25) is 5.91 Å². The zero-order valence-corrected chi connectivity index (χ0v) is 23.7. The van der Waals surface area contributed by atoms with Gasteiger partial charge in [0.1, 0.15) is 6.04 Å². The minimum atomic E-state index is -0.806. The summed E-state index contributed by atoms with van der Waals surface area (Å²) in [6, 6.07) is 4.56. The zero-order valence-electron chi connectivity index (χ0n) is 22.9. The Labute approximate surface area is 230 Å². The number of benzene rings is 1. The van der Waals surface area contributed by atoms with Gasteiger partial charge in [0, 0.05) is 17.5 Å². The molecule has 1 aromatic carbocycles. The highest BCUT2D eigenvalue weighted by atomic mass is 32.2. The van der Waals surface area contributed by atoms with E-state index in [2.05, 4.69) is 13.2 Å². The quantitative estimate of drug-likeness (QED) is 0.259. The average molecular weight is 541 g/mol. The summed E-state index contributed by atoms with van der Waals surface area (Å²) in [6.45, 7) is 15.7. The first-order chi connectivity index (χ1) is 18.1. The number of anilines is 1. The molecule has 1 N–H and O–H groups in total. The van der Waals surface area contributed by atoms with Crippen LogP contribution in [0.15, 0.2) is 43.5 Å². The number of hydrogen-bond donors (Lipinski definition) is 1. The van der Waals surface area contributed by atoms with Crippen LogP contribution in [0.25, 0.3) is 0 Å². The Bertz CT molecular complexity index is 1100. The summed E-state index contributed by atoms with van der Waals surface area (Å²) >= 11 is 1.61. The van der Waals surface area contributed by atoms with Gasteiger partial charge in [-0.2, -0.15) is 0 Å². The molecule has 3 aliphatic heterocycles. The lowest BCUT2D eigenvalue weighted by Gasteiger charge is -2.41. The number of aryl methyl sites for hydroxylation is 2. The summed E-state index contributed by atoms with van der Waals surface area (Å²) in [5.74, 6) is -2.14. The Hall–Kier alpha value is -2.58. The third-order valence-corrected chi connectivity index (χ3v) is 10.4. The number of amides is 2. The van der Waals surface area contributed by atoms with Gasteiger partial charge in [0.15, 0.2) is 0 Å². The first-order valence-electron chi connectivity index (χ1n) is 13.5. The van der Waals surface area contributed by atoms with E-state index in [0.717, 1.165) is 23.2 Å². The topological polar surface area (TPSA) is 87.2 Å². The standard InChI is InChI=1S/C30H40N2O5S/c1-7-9-16-37-29(36)23-22-13-14-30(38-22)24(23)27(34)32(21(17-33)18(3)4)26(30)28(35)31(15-8-2)25-19(5)11-10-12-20(25)6/h7-8,10-12,18,21-24,26,33H,1-2,9,13-17H2,3-6H3/t21-,22-,23+,24-,26?,30?/m0/s1. The molecule has 7 nitrogen and oxygen atoms in total. The normalized spacial score (nSPS) is 28.4. The molecule has 6 atom stereocenters. The van der Waals surface area contributed by atoms with Crippen molar-refractivity contribution < 1.29 is 24.2 Å². The van der Waals surface area contributed by atoms with Crippen LogP contribution in [0.1, 0.15) is 44.2 Å². The van der Waals surface area contributed by atoms with E-state index >= 15 is 0 Å². The molecule has 0 radical (unpaired) electrons. The molecule has 0 aromatic heterocycles. The summed E-state index contributed by atoms with van der Waals surface area (Å²) in [5, 5.41) is 10.4. The fourth-order valence-corrected chi connectivity index (χ4v) is 8.94. The minimum Gasteiger partial charge on any atom is -0.465 e. The van der Waals surface area contributed by atoms with Crippen molar-refractivity contribution in [1.82, 2.24) is 4.90 Å². The summed E-state index contributed by atoms with van der Waals surface area (Å²) in [4.78, 5) is 45.6. The molecule has 1 spiro atoms. The molecule has 206 valence electrons. The van der Waals surface area contributed by atoms with E-state index in [4.69, 9.17) is 4.74 Å². The predicted molar refractivity (Wildman–Crippen MR) is 151 cm³/mol. The van der Waals surface area contributed by atoms with Crippen molar-refractivity contribution in [3.05, 3.63) is 54.6 Å². The number of likely N-dealkylation sites (tertiary alicyclic amines) is 1. The van der Waals surface area contributed by atoms with E-state index in [-0.39, 0.29) is 48.7 Å². The van der Waals surface area contributed by atoms with Crippen LogP contribution in [0, 0.1) is 31.6 Å². The SMILES string of the molecule is C=CCCOC(=O)[C@@H]1[C@@H]2CCC3(S2)C(C(=O)N(CC=C)c2c(C)cccc2C)N([C@@H](CO)C(C)C)C(=O)[C@H]13. The summed E-state index contributed by atoms with van der Waals surface area (Å²) in [6.07, 6.45) is 5.33. The Kier molecular flexibility index (Phi) is 8.43. The van der Waals surface area contributed by atoms with Crippen LogP contribution in [0.3, 0.4) is 0 Å². The largest absolute Gasteiger partial charge is 0.465 e. The van der Waals surface area contributed by atoms with Gasteiger partial charge in [-0.15, -0.1) is 24.9 Å². The number of ether oxygens (including phenoxy) is 1. The molecule has 38 heavy (non-hydrogen) atoms. The van der Waals surface area contributed by atoms with Crippen LogP contribution in [-0.2, 0) is 19.1 Å². The van der Waals surface area contributed by atoms with Crippen LogP contribution < -0.4 is 4.90 Å². The van der Waals surface area contributed by atoms with Crippen molar-refractivity contribution in [3.63, 3.8) is 0 Å². The number of fused-ring (bicyclic) bond motifs is 1. The van der Waals surface area contributed by atoms with Crippen molar-refractivity contribution in [2.24, 2.45) is 17.8 Å². The van der Waals surface area contributed by atoms with E-state index in [0.29, 0.717) is 12.8 Å². The van der Waals surface area contributed by atoms with E-state index < -0.39 is 28.7 Å². The van der Waals surface area contributed by atoms with Crippen LogP contribution in [0.2, 0.25) is 0 Å². The molecule has 2 unspecified atom stereocenters. The van der Waals surface area contributed by atoms with E-state index in [1.54, 1.807) is 33.7 Å². The van der Waals surface area contributed by atoms with Gasteiger partial charge in [0.25, 0.3) is 5.91 Å². The molecule has 3 saturated heterocycles. The third-order valence-electron chi connectivity index (χ3n) is 8.41. The zero-order chi connectivity index (χ0) is 27.8. The number of esters is 1. The molecule has 3 fully saturated rings. The predicted octanol–water partition coefficient (Wildman–Crippen LogP) is 4.05. The van der Waals surface area contributed by atoms with E-state index in [1.165, 1.54) is 0 Å². The van der Waals surface area contributed by atoms with Gasteiger partial charge in [-0.3, -0.25) is 14.4 Å². The number of para-hydroxylation sites is 1. The number of carbonyl (C=O) groups excluding carboxylic acids is 3. The second kappa shape index (κ2) is 11.3. The molecule has 0 saturated carbocycles. The van der Waals surface area contributed by atoms with Crippen LogP contribution in [0.5, 0.6) is 0 Å². The van der Waals surface area contributed by atoms with Crippen molar-refractivity contribution in [2.45, 2.75) is 69.0 Å². The fraction of sp³-hybridized carbons (Fsp3) is 0.567. The van der Waals surface area contributed by atoms with Crippen LogP contribution in [-0.4, -0.2) is 69.6 Å². The van der Waals surface area contributed by atoms with Crippen LogP contribution >= 0.6 is 11.8 Å². The molecule has 2 amide bonds. The van der Waals surface area contributed by atoms with E-state index in [9.17, 15) is 19.5 Å². The van der Waals surface area contributed by atoms with Gasteiger partial charge in [0.05, 0.1) is 35.8 Å². The lowest BCUT2D eigenvalue weighted by atomic mass is 9.71. The number of nitrogens with zero attached hydrogens (tertiary/aromatic N) is 2. The maximum absolute atomic E-state index is 14.7. The number of aliphatic hydroxyl groups excluding tert-OH is 1. The van der Waals surface area contributed by atoms with Crippen molar-refractivity contribution in [3.8, 4) is 0 Å². The molecule has 3 heterocycles. The molecular weight excluding hydrogens is 500 g/mol. The monoisotopic (exact) mass is 540 g/mol.